The minimum atomic E-state index is 0.780. The van der Waals surface area contributed by atoms with Gasteiger partial charge in [0.2, 0.25) is 0 Å². The normalized spacial score (nSPS) is 34.9. The van der Waals surface area contributed by atoms with Gasteiger partial charge in [-0.25, -0.2) is 0 Å². The fourth-order valence-corrected chi connectivity index (χ4v) is 3.40. The molecule has 1 saturated heterocycles. The highest BCUT2D eigenvalue weighted by atomic mass is 15.2. The van der Waals surface area contributed by atoms with E-state index in [2.05, 4.69) is 31.0 Å². The van der Waals surface area contributed by atoms with E-state index in [-0.39, 0.29) is 0 Å². The summed E-state index contributed by atoms with van der Waals surface area (Å²) in [6.07, 6.45) is 7.17. The summed E-state index contributed by atoms with van der Waals surface area (Å²) in [5, 5.41) is 3.64. The summed E-state index contributed by atoms with van der Waals surface area (Å²) in [5.41, 5.74) is 0. The molecule has 0 aromatic heterocycles. The molecule has 2 fully saturated rings. The van der Waals surface area contributed by atoms with E-state index in [9.17, 15) is 0 Å². The monoisotopic (exact) mass is 238 g/mol. The van der Waals surface area contributed by atoms with Crippen molar-refractivity contribution >= 4 is 0 Å². The van der Waals surface area contributed by atoms with Crippen LogP contribution in [0.3, 0.4) is 0 Å². The van der Waals surface area contributed by atoms with Gasteiger partial charge in [-0.1, -0.05) is 20.3 Å². The molecule has 1 aliphatic heterocycles. The fourth-order valence-electron chi connectivity index (χ4n) is 3.40. The summed E-state index contributed by atoms with van der Waals surface area (Å²) >= 11 is 0. The first-order chi connectivity index (χ1) is 8.18. The number of nitrogens with zero attached hydrogens (tertiary/aromatic N) is 1. The fraction of sp³-hybridized carbons (Fsp3) is 1.00. The molecular formula is C15H30N2. The van der Waals surface area contributed by atoms with E-state index in [1.54, 1.807) is 0 Å². The topological polar surface area (TPSA) is 15.3 Å². The van der Waals surface area contributed by atoms with Crippen molar-refractivity contribution in [3.05, 3.63) is 0 Å². The van der Waals surface area contributed by atoms with Crippen LogP contribution in [0.2, 0.25) is 0 Å². The van der Waals surface area contributed by atoms with Crippen LogP contribution in [0.5, 0.6) is 0 Å². The summed E-state index contributed by atoms with van der Waals surface area (Å²) in [6.45, 7) is 10.8. The number of hydrogen-bond acceptors (Lipinski definition) is 2. The van der Waals surface area contributed by atoms with Crippen LogP contribution in [0, 0.1) is 11.8 Å². The van der Waals surface area contributed by atoms with Gasteiger partial charge in [-0.15, -0.1) is 0 Å². The Bertz CT molecular complexity index is 227. The van der Waals surface area contributed by atoms with E-state index < -0.39 is 0 Å². The third-order valence-corrected chi connectivity index (χ3v) is 4.62. The van der Waals surface area contributed by atoms with Crippen LogP contribution in [0.15, 0.2) is 0 Å². The standard InChI is InChI=1S/C15H30N2/c1-12(2)10-16-11-14-7-8-15(14)17-9-5-4-6-13(17)3/h12-16H,4-11H2,1-3H3. The first-order valence-electron chi connectivity index (χ1n) is 7.65. The lowest BCUT2D eigenvalue weighted by atomic mass is 9.77. The van der Waals surface area contributed by atoms with Crippen molar-refractivity contribution in [3.63, 3.8) is 0 Å². The first-order valence-corrected chi connectivity index (χ1v) is 7.65. The molecule has 0 spiro atoms. The molecule has 1 saturated carbocycles. The lowest BCUT2D eigenvalue weighted by molar-refractivity contribution is 0.0136. The van der Waals surface area contributed by atoms with E-state index in [0.29, 0.717) is 0 Å². The molecule has 1 N–H and O–H groups in total. The van der Waals surface area contributed by atoms with Gasteiger partial charge in [0.15, 0.2) is 0 Å². The second-order valence-corrected chi connectivity index (χ2v) is 6.54. The Morgan fingerprint density at radius 3 is 2.59 bits per heavy atom. The van der Waals surface area contributed by atoms with Gasteiger partial charge in [-0.2, -0.15) is 0 Å². The van der Waals surface area contributed by atoms with Crippen molar-refractivity contribution in [2.24, 2.45) is 11.8 Å². The van der Waals surface area contributed by atoms with Gasteiger partial charge in [-0.05, 0) is 64.1 Å². The highest BCUT2D eigenvalue weighted by Crippen LogP contribution is 2.35. The molecule has 2 rings (SSSR count). The smallest absolute Gasteiger partial charge is 0.0139 e. The molecule has 0 radical (unpaired) electrons. The second-order valence-electron chi connectivity index (χ2n) is 6.54. The SMILES string of the molecule is CC(C)CNCC1CCC1N1CCCCC1C. The Kier molecular flexibility index (Phi) is 4.87. The van der Waals surface area contributed by atoms with Crippen LogP contribution in [0.4, 0.5) is 0 Å². The van der Waals surface area contributed by atoms with Gasteiger partial charge in [0.25, 0.3) is 0 Å². The van der Waals surface area contributed by atoms with Crippen molar-refractivity contribution in [1.82, 2.24) is 10.2 Å². The van der Waals surface area contributed by atoms with Gasteiger partial charge in [0.1, 0.15) is 0 Å². The van der Waals surface area contributed by atoms with Gasteiger partial charge in [-0.3, -0.25) is 4.90 Å². The summed E-state index contributed by atoms with van der Waals surface area (Å²) in [5.74, 6) is 1.71. The molecular weight excluding hydrogens is 208 g/mol. The van der Waals surface area contributed by atoms with E-state index in [4.69, 9.17) is 0 Å². The van der Waals surface area contributed by atoms with Crippen LogP contribution >= 0.6 is 0 Å². The third kappa shape index (κ3) is 3.45. The van der Waals surface area contributed by atoms with Gasteiger partial charge >= 0.3 is 0 Å². The molecule has 2 nitrogen and oxygen atoms in total. The van der Waals surface area contributed by atoms with Crippen LogP contribution < -0.4 is 5.32 Å². The van der Waals surface area contributed by atoms with Gasteiger partial charge in [0, 0.05) is 12.1 Å². The Morgan fingerprint density at radius 2 is 2.00 bits per heavy atom. The summed E-state index contributed by atoms with van der Waals surface area (Å²) in [6, 6.07) is 1.73. The van der Waals surface area contributed by atoms with Crippen molar-refractivity contribution in [1.29, 1.82) is 0 Å². The quantitative estimate of drug-likeness (QED) is 0.792. The lowest BCUT2D eigenvalue weighted by Crippen LogP contribution is -2.55. The van der Waals surface area contributed by atoms with E-state index in [1.165, 1.54) is 51.7 Å². The number of nitrogens with one attached hydrogen (secondary N) is 1. The maximum absolute atomic E-state index is 3.64. The predicted molar refractivity (Wildman–Crippen MR) is 74.2 cm³/mol. The molecule has 1 aliphatic carbocycles. The zero-order valence-electron chi connectivity index (χ0n) is 11.9. The summed E-state index contributed by atoms with van der Waals surface area (Å²) < 4.78 is 0. The average Bonchev–Trinajstić information content (AvgIpc) is 2.25. The average molecular weight is 238 g/mol. The van der Waals surface area contributed by atoms with Crippen molar-refractivity contribution in [2.45, 2.75) is 65.0 Å². The van der Waals surface area contributed by atoms with E-state index in [1.807, 2.05) is 0 Å². The highest BCUT2D eigenvalue weighted by Gasteiger charge is 2.37. The van der Waals surface area contributed by atoms with Crippen molar-refractivity contribution < 1.29 is 0 Å². The Balaban J connectivity index is 1.73. The third-order valence-electron chi connectivity index (χ3n) is 4.62. The zero-order valence-corrected chi connectivity index (χ0v) is 11.9. The number of piperidine rings is 1. The molecule has 3 unspecified atom stereocenters. The highest BCUT2D eigenvalue weighted by molar-refractivity contribution is 4.93. The largest absolute Gasteiger partial charge is 0.316 e. The number of likely N-dealkylation sites (tertiary alicyclic amines) is 1. The molecule has 1 heterocycles. The second kappa shape index (κ2) is 6.19. The maximum atomic E-state index is 3.64. The first kappa shape index (κ1) is 13.4. The van der Waals surface area contributed by atoms with Crippen LogP contribution in [-0.2, 0) is 0 Å². The molecule has 0 amide bonds. The van der Waals surface area contributed by atoms with Crippen LogP contribution in [0.1, 0.15) is 52.9 Å². The Morgan fingerprint density at radius 1 is 1.18 bits per heavy atom. The Labute approximate surface area is 107 Å². The number of rotatable bonds is 5. The minimum Gasteiger partial charge on any atom is -0.316 e. The van der Waals surface area contributed by atoms with Crippen molar-refractivity contribution in [3.8, 4) is 0 Å². The Hall–Kier alpha value is -0.0800. The summed E-state index contributed by atoms with van der Waals surface area (Å²) in [7, 11) is 0. The van der Waals surface area contributed by atoms with Gasteiger partial charge in [0.05, 0.1) is 0 Å². The lowest BCUT2D eigenvalue weighted by Gasteiger charge is -2.49. The molecule has 2 aliphatic rings. The molecule has 3 atom stereocenters. The zero-order chi connectivity index (χ0) is 12.3. The minimum absolute atomic E-state index is 0.780. The van der Waals surface area contributed by atoms with Crippen molar-refractivity contribution in [2.75, 3.05) is 19.6 Å². The molecule has 17 heavy (non-hydrogen) atoms. The van der Waals surface area contributed by atoms with Crippen LogP contribution in [0.25, 0.3) is 0 Å². The van der Waals surface area contributed by atoms with E-state index in [0.717, 1.165) is 23.9 Å². The van der Waals surface area contributed by atoms with E-state index >= 15 is 0 Å². The number of hydrogen-bond donors (Lipinski definition) is 1. The summed E-state index contributed by atoms with van der Waals surface area (Å²) in [4.78, 5) is 2.80. The molecule has 0 aromatic carbocycles. The molecule has 100 valence electrons. The predicted octanol–water partition coefficient (Wildman–Crippen LogP) is 2.89. The maximum Gasteiger partial charge on any atom is 0.0139 e. The molecule has 0 aromatic rings. The van der Waals surface area contributed by atoms with Crippen LogP contribution in [-0.4, -0.2) is 36.6 Å². The molecule has 2 heteroatoms. The molecule has 0 bridgehead atoms. The van der Waals surface area contributed by atoms with Gasteiger partial charge < -0.3 is 5.32 Å².